The standard InChI is InChI=1S/C19H23N3O3.CH2O2/c1-24-17-9-13-14-12-20-19(23)11-16(14)21-15(13)10-18(17)25-8-4-7-22-5-2-3-6-22;2-1-3/h9-12,21H,2-8H2,1H3,(H,20,23);1H,(H,2,3). The number of ether oxygens (including phenoxy) is 2. The van der Waals surface area contributed by atoms with Crippen molar-refractivity contribution in [1.82, 2.24) is 14.9 Å². The summed E-state index contributed by atoms with van der Waals surface area (Å²) in [6.07, 6.45) is 5.30. The number of nitrogens with zero attached hydrogens (tertiary/aromatic N) is 2. The molecule has 8 heteroatoms. The molecule has 1 aromatic carbocycles. The fourth-order valence-corrected chi connectivity index (χ4v) is 3.54. The van der Waals surface area contributed by atoms with Gasteiger partial charge >= 0.3 is 0 Å². The molecule has 1 aliphatic heterocycles. The summed E-state index contributed by atoms with van der Waals surface area (Å²) in [6.45, 7) is 3.93. The lowest BCUT2D eigenvalue weighted by Gasteiger charge is -2.15. The third-order valence-corrected chi connectivity index (χ3v) is 4.83. The van der Waals surface area contributed by atoms with E-state index in [0.717, 1.165) is 40.5 Å². The van der Waals surface area contributed by atoms with E-state index in [0.29, 0.717) is 12.4 Å². The number of hydrogen-bond acceptors (Lipinski definition) is 6. The number of benzene rings is 1. The zero-order valence-corrected chi connectivity index (χ0v) is 15.9. The van der Waals surface area contributed by atoms with Crippen molar-refractivity contribution in [3.63, 3.8) is 0 Å². The van der Waals surface area contributed by atoms with E-state index in [1.165, 1.54) is 25.9 Å². The summed E-state index contributed by atoms with van der Waals surface area (Å²) in [4.78, 5) is 18.1. The summed E-state index contributed by atoms with van der Waals surface area (Å²) in [5.74, 6) is 1.45. The third-order valence-electron chi connectivity index (χ3n) is 4.83. The largest absolute Gasteiger partial charge is 0.493 e. The maximum Gasteiger partial charge on any atom is 0.290 e. The molecule has 28 heavy (non-hydrogen) atoms. The number of H-pyrrole nitrogens is 1. The highest BCUT2D eigenvalue weighted by Crippen LogP contribution is 2.36. The minimum atomic E-state index is -0.250. The molecular weight excluding hydrogens is 362 g/mol. The van der Waals surface area contributed by atoms with Gasteiger partial charge in [-0.25, -0.2) is 4.98 Å². The number of carboxylic acid groups (broad SMARTS) is 1. The van der Waals surface area contributed by atoms with Gasteiger partial charge in [0, 0.05) is 35.6 Å². The van der Waals surface area contributed by atoms with Gasteiger partial charge in [-0.05, 0) is 38.4 Å². The molecule has 0 bridgehead atoms. The molecule has 0 atom stereocenters. The van der Waals surface area contributed by atoms with Crippen LogP contribution < -0.4 is 9.47 Å². The van der Waals surface area contributed by atoms with Crippen molar-refractivity contribution >= 4 is 28.3 Å². The first-order chi connectivity index (χ1) is 13.7. The third kappa shape index (κ3) is 4.45. The van der Waals surface area contributed by atoms with E-state index in [9.17, 15) is 5.11 Å². The van der Waals surface area contributed by atoms with Crippen molar-refractivity contribution in [2.45, 2.75) is 19.3 Å². The van der Waals surface area contributed by atoms with Crippen LogP contribution in [0.5, 0.6) is 17.4 Å². The van der Waals surface area contributed by atoms with Crippen molar-refractivity contribution in [2.75, 3.05) is 33.4 Å². The summed E-state index contributed by atoms with van der Waals surface area (Å²) < 4.78 is 11.5. The highest BCUT2D eigenvalue weighted by atomic mass is 16.5. The minimum Gasteiger partial charge on any atom is -0.493 e. The Bertz CT molecular complexity index is 934. The van der Waals surface area contributed by atoms with Gasteiger partial charge in [0.2, 0.25) is 5.88 Å². The Labute approximate surface area is 162 Å². The molecule has 1 aliphatic rings. The van der Waals surface area contributed by atoms with Crippen molar-refractivity contribution in [3.8, 4) is 17.4 Å². The maximum atomic E-state index is 9.56. The first-order valence-electron chi connectivity index (χ1n) is 9.27. The molecule has 0 spiro atoms. The summed E-state index contributed by atoms with van der Waals surface area (Å²) in [7, 11) is 1.65. The molecule has 2 aromatic heterocycles. The second-order valence-electron chi connectivity index (χ2n) is 6.62. The van der Waals surface area contributed by atoms with Crippen LogP contribution in [0.4, 0.5) is 0 Å². The Hall–Kier alpha value is -3.00. The minimum absolute atomic E-state index is 0.00408. The van der Waals surface area contributed by atoms with Crippen molar-refractivity contribution in [1.29, 1.82) is 0 Å². The average molecular weight is 387 g/mol. The van der Waals surface area contributed by atoms with Gasteiger partial charge in [-0.3, -0.25) is 4.79 Å². The van der Waals surface area contributed by atoms with E-state index in [1.807, 2.05) is 12.1 Å². The lowest BCUT2D eigenvalue weighted by Crippen LogP contribution is -2.21. The molecule has 3 N–H and O–H groups in total. The van der Waals surface area contributed by atoms with E-state index < -0.39 is 0 Å². The van der Waals surface area contributed by atoms with Crippen molar-refractivity contribution < 1.29 is 24.5 Å². The average Bonchev–Trinajstić information content (AvgIpc) is 3.31. The number of likely N-dealkylation sites (tertiary alicyclic amines) is 1. The van der Waals surface area contributed by atoms with Gasteiger partial charge in [-0.2, -0.15) is 0 Å². The lowest BCUT2D eigenvalue weighted by molar-refractivity contribution is -0.122. The van der Waals surface area contributed by atoms with Gasteiger partial charge < -0.3 is 29.6 Å². The van der Waals surface area contributed by atoms with E-state index in [2.05, 4.69) is 14.9 Å². The van der Waals surface area contributed by atoms with Gasteiger partial charge in [-0.1, -0.05) is 0 Å². The number of nitrogens with one attached hydrogen (secondary N) is 1. The van der Waals surface area contributed by atoms with Crippen LogP contribution in [-0.4, -0.2) is 64.9 Å². The predicted molar refractivity (Wildman–Crippen MR) is 106 cm³/mol. The predicted octanol–water partition coefficient (Wildman–Crippen LogP) is 3.00. The lowest BCUT2D eigenvalue weighted by atomic mass is 10.2. The Morgan fingerprint density at radius 3 is 2.61 bits per heavy atom. The molecule has 0 radical (unpaired) electrons. The van der Waals surface area contributed by atoms with Crippen molar-refractivity contribution in [3.05, 3.63) is 24.4 Å². The van der Waals surface area contributed by atoms with Crippen LogP contribution in [0.15, 0.2) is 24.4 Å². The number of aromatic hydroxyl groups is 1. The molecule has 0 aliphatic carbocycles. The van der Waals surface area contributed by atoms with Crippen LogP contribution in [0, 0.1) is 0 Å². The molecule has 0 saturated carbocycles. The highest BCUT2D eigenvalue weighted by Gasteiger charge is 2.13. The van der Waals surface area contributed by atoms with E-state index in [4.69, 9.17) is 19.4 Å². The Morgan fingerprint density at radius 2 is 1.89 bits per heavy atom. The van der Waals surface area contributed by atoms with E-state index in [1.54, 1.807) is 19.4 Å². The molecule has 0 amide bonds. The fourth-order valence-electron chi connectivity index (χ4n) is 3.54. The van der Waals surface area contributed by atoms with E-state index in [-0.39, 0.29) is 12.4 Å². The normalized spacial score (nSPS) is 14.0. The van der Waals surface area contributed by atoms with Gasteiger partial charge in [-0.15, -0.1) is 0 Å². The first-order valence-corrected chi connectivity index (χ1v) is 9.27. The van der Waals surface area contributed by atoms with Crippen LogP contribution in [0.3, 0.4) is 0 Å². The van der Waals surface area contributed by atoms with Crippen LogP contribution in [0.2, 0.25) is 0 Å². The molecule has 4 rings (SSSR count). The number of fused-ring (bicyclic) bond motifs is 3. The Morgan fingerprint density at radius 1 is 1.18 bits per heavy atom. The van der Waals surface area contributed by atoms with Crippen LogP contribution >= 0.6 is 0 Å². The summed E-state index contributed by atoms with van der Waals surface area (Å²) in [5, 5.41) is 18.4. The van der Waals surface area contributed by atoms with Gasteiger partial charge in [0.25, 0.3) is 6.47 Å². The molecule has 150 valence electrons. The Kier molecular flexibility index (Phi) is 6.54. The highest BCUT2D eigenvalue weighted by molar-refractivity contribution is 6.08. The van der Waals surface area contributed by atoms with Crippen LogP contribution in [-0.2, 0) is 4.79 Å². The number of methoxy groups -OCH3 is 1. The smallest absolute Gasteiger partial charge is 0.290 e. The second-order valence-corrected chi connectivity index (χ2v) is 6.62. The Balaban J connectivity index is 0.000000706. The number of aromatic amines is 1. The van der Waals surface area contributed by atoms with Crippen LogP contribution in [0.1, 0.15) is 19.3 Å². The molecule has 1 saturated heterocycles. The van der Waals surface area contributed by atoms with Gasteiger partial charge in [0.1, 0.15) is 0 Å². The number of carbonyl (C=O) groups is 1. The number of aromatic nitrogens is 2. The summed E-state index contributed by atoms with van der Waals surface area (Å²) in [5.41, 5.74) is 1.79. The zero-order valence-electron chi connectivity index (χ0n) is 15.9. The number of hydrogen-bond donors (Lipinski definition) is 3. The maximum absolute atomic E-state index is 9.56. The van der Waals surface area contributed by atoms with Gasteiger partial charge in [0.05, 0.1) is 24.8 Å². The topological polar surface area (TPSA) is 108 Å². The molecule has 1 fully saturated rings. The van der Waals surface area contributed by atoms with Crippen LogP contribution in [0.25, 0.3) is 21.8 Å². The van der Waals surface area contributed by atoms with Crippen molar-refractivity contribution in [2.24, 2.45) is 0 Å². The second kappa shape index (κ2) is 9.27. The molecule has 0 unspecified atom stereocenters. The van der Waals surface area contributed by atoms with Gasteiger partial charge in [0.15, 0.2) is 11.5 Å². The number of rotatable bonds is 6. The molecule has 3 aromatic rings. The molecule has 8 nitrogen and oxygen atoms in total. The molecule has 3 heterocycles. The summed E-state index contributed by atoms with van der Waals surface area (Å²) >= 11 is 0. The zero-order chi connectivity index (χ0) is 19.9. The SMILES string of the molecule is COc1cc2c(cc1OCCCN1CCCC1)[nH]c1cc(O)ncc12.O=CO. The quantitative estimate of drug-likeness (QED) is 0.441. The first kappa shape index (κ1) is 19.8. The number of pyridine rings is 1. The molecular formula is C20H25N3O5. The van der Waals surface area contributed by atoms with E-state index >= 15 is 0 Å². The fraction of sp³-hybridized carbons (Fsp3) is 0.400. The monoisotopic (exact) mass is 387 g/mol. The summed E-state index contributed by atoms with van der Waals surface area (Å²) in [6, 6.07) is 5.54.